The highest BCUT2D eigenvalue weighted by atomic mass is 79.9. The summed E-state index contributed by atoms with van der Waals surface area (Å²) in [6.45, 7) is 5.63. The molecule has 0 spiro atoms. The first-order valence-electron chi connectivity index (χ1n) is 7.58. The molecule has 0 saturated heterocycles. The van der Waals surface area contributed by atoms with E-state index in [0.29, 0.717) is 12.0 Å². The highest BCUT2D eigenvalue weighted by Gasteiger charge is 2.26. The molecule has 0 unspecified atom stereocenters. The van der Waals surface area contributed by atoms with E-state index in [4.69, 9.17) is 0 Å². The molecular weight excluding hydrogens is 316 g/mol. The molecule has 1 aliphatic rings. The Labute approximate surface area is 130 Å². The lowest BCUT2D eigenvalue weighted by Crippen LogP contribution is -2.35. The Bertz CT molecular complexity index is 430. The molecule has 0 aliphatic heterocycles. The molecule has 4 nitrogen and oxygen atoms in total. The van der Waals surface area contributed by atoms with Crippen LogP contribution in [0.5, 0.6) is 0 Å². The van der Waals surface area contributed by atoms with Crippen molar-refractivity contribution >= 4 is 27.6 Å². The van der Waals surface area contributed by atoms with E-state index in [1.807, 2.05) is 7.05 Å². The Morgan fingerprint density at radius 1 is 1.35 bits per heavy atom. The topological polar surface area (TPSA) is 41.1 Å². The Balaban J connectivity index is 2.25. The van der Waals surface area contributed by atoms with E-state index in [0.717, 1.165) is 22.7 Å². The van der Waals surface area contributed by atoms with E-state index in [9.17, 15) is 0 Å². The number of hydrogen-bond acceptors (Lipinski definition) is 4. The van der Waals surface area contributed by atoms with Gasteiger partial charge in [0.15, 0.2) is 0 Å². The molecular formula is C15H25BrN4. The van der Waals surface area contributed by atoms with E-state index in [2.05, 4.69) is 50.0 Å². The van der Waals surface area contributed by atoms with Gasteiger partial charge < -0.3 is 10.2 Å². The summed E-state index contributed by atoms with van der Waals surface area (Å²) < 4.78 is 0.984. The predicted octanol–water partition coefficient (Wildman–Crippen LogP) is 4.08. The van der Waals surface area contributed by atoms with Crippen LogP contribution in [0.1, 0.15) is 46.0 Å². The average Bonchev–Trinajstić information content (AvgIpc) is 2.94. The third-order valence-electron chi connectivity index (χ3n) is 3.99. The van der Waals surface area contributed by atoms with E-state index >= 15 is 0 Å². The van der Waals surface area contributed by atoms with Crippen molar-refractivity contribution in [1.29, 1.82) is 0 Å². The Hall–Kier alpha value is -0.840. The molecule has 112 valence electrons. The third-order valence-corrected chi connectivity index (χ3v) is 4.72. The maximum absolute atomic E-state index is 4.54. The lowest BCUT2D eigenvalue weighted by Gasteiger charge is -2.31. The summed E-state index contributed by atoms with van der Waals surface area (Å²) in [6, 6.07) is 0.629. The summed E-state index contributed by atoms with van der Waals surface area (Å²) in [7, 11) is 1.89. The second-order valence-corrected chi connectivity index (χ2v) is 6.72. The number of aromatic nitrogens is 2. The highest BCUT2D eigenvalue weighted by molar-refractivity contribution is 9.10. The van der Waals surface area contributed by atoms with Crippen molar-refractivity contribution in [1.82, 2.24) is 9.97 Å². The molecule has 1 aromatic heterocycles. The summed E-state index contributed by atoms with van der Waals surface area (Å²) in [5.41, 5.74) is 0. The minimum absolute atomic E-state index is 0.629. The van der Waals surface area contributed by atoms with Crippen LogP contribution in [0.2, 0.25) is 0 Å². The molecule has 20 heavy (non-hydrogen) atoms. The third kappa shape index (κ3) is 3.62. The van der Waals surface area contributed by atoms with Gasteiger partial charge in [-0.2, -0.15) is 0 Å². The molecule has 5 heteroatoms. The molecule has 0 bridgehead atoms. The molecule has 0 amide bonds. The fraction of sp³-hybridized carbons (Fsp3) is 0.733. The van der Waals surface area contributed by atoms with Crippen molar-refractivity contribution in [3.8, 4) is 0 Å². The van der Waals surface area contributed by atoms with Crippen LogP contribution in [-0.2, 0) is 0 Å². The SMILES string of the molecule is CNc1ncnc(N(CCC(C)C)C2CCCC2)c1Br. The molecule has 0 atom stereocenters. The van der Waals surface area contributed by atoms with E-state index in [-0.39, 0.29) is 0 Å². The van der Waals surface area contributed by atoms with Crippen LogP contribution in [0.15, 0.2) is 10.8 Å². The minimum Gasteiger partial charge on any atom is -0.372 e. The number of nitrogens with zero attached hydrogens (tertiary/aromatic N) is 3. The van der Waals surface area contributed by atoms with Gasteiger partial charge in [0.25, 0.3) is 0 Å². The van der Waals surface area contributed by atoms with Crippen LogP contribution in [0.4, 0.5) is 11.6 Å². The first-order chi connectivity index (χ1) is 9.63. The largest absolute Gasteiger partial charge is 0.372 e. The van der Waals surface area contributed by atoms with Gasteiger partial charge in [0.1, 0.15) is 22.4 Å². The van der Waals surface area contributed by atoms with Gasteiger partial charge in [0.05, 0.1) is 0 Å². The maximum atomic E-state index is 4.54. The molecule has 1 N–H and O–H groups in total. The average molecular weight is 341 g/mol. The summed E-state index contributed by atoms with van der Waals surface area (Å²) in [6.07, 6.45) is 8.09. The first kappa shape index (κ1) is 15.5. The zero-order valence-corrected chi connectivity index (χ0v) is 14.3. The lowest BCUT2D eigenvalue weighted by molar-refractivity contribution is 0.524. The predicted molar refractivity (Wildman–Crippen MR) is 88.3 cm³/mol. The van der Waals surface area contributed by atoms with Crippen molar-refractivity contribution in [3.05, 3.63) is 10.8 Å². The normalized spacial score (nSPS) is 15.8. The minimum atomic E-state index is 0.629. The molecule has 1 fully saturated rings. The van der Waals surface area contributed by atoms with Crippen molar-refractivity contribution in [2.75, 3.05) is 23.8 Å². The summed E-state index contributed by atoms with van der Waals surface area (Å²) in [4.78, 5) is 11.3. The quantitative estimate of drug-likeness (QED) is 0.847. The van der Waals surface area contributed by atoms with Gasteiger partial charge >= 0.3 is 0 Å². The molecule has 1 aromatic rings. The fourth-order valence-electron chi connectivity index (χ4n) is 2.81. The molecule has 1 heterocycles. The second-order valence-electron chi connectivity index (χ2n) is 5.92. The van der Waals surface area contributed by atoms with E-state index in [1.165, 1.54) is 32.1 Å². The number of anilines is 2. The van der Waals surface area contributed by atoms with Crippen molar-refractivity contribution in [2.45, 2.75) is 52.0 Å². The van der Waals surface area contributed by atoms with Crippen LogP contribution in [0, 0.1) is 5.92 Å². The van der Waals surface area contributed by atoms with Crippen LogP contribution < -0.4 is 10.2 Å². The van der Waals surface area contributed by atoms with Crippen molar-refractivity contribution in [3.63, 3.8) is 0 Å². The van der Waals surface area contributed by atoms with Crippen molar-refractivity contribution in [2.24, 2.45) is 5.92 Å². The van der Waals surface area contributed by atoms with Gasteiger partial charge in [-0.05, 0) is 41.1 Å². The Kier molecular flexibility index (Phi) is 5.64. The van der Waals surface area contributed by atoms with Crippen LogP contribution in [0.25, 0.3) is 0 Å². The second kappa shape index (κ2) is 7.25. The number of hydrogen-bond donors (Lipinski definition) is 1. The summed E-state index contributed by atoms with van der Waals surface area (Å²) in [5, 5.41) is 3.12. The van der Waals surface area contributed by atoms with Crippen molar-refractivity contribution < 1.29 is 0 Å². The zero-order chi connectivity index (χ0) is 14.5. The fourth-order valence-corrected chi connectivity index (χ4v) is 3.44. The highest BCUT2D eigenvalue weighted by Crippen LogP contribution is 2.34. The zero-order valence-electron chi connectivity index (χ0n) is 12.7. The van der Waals surface area contributed by atoms with Gasteiger partial charge in [-0.1, -0.05) is 26.7 Å². The van der Waals surface area contributed by atoms with Gasteiger partial charge in [0.2, 0.25) is 0 Å². The molecule has 0 aromatic carbocycles. The Morgan fingerprint density at radius 2 is 2.05 bits per heavy atom. The lowest BCUT2D eigenvalue weighted by atomic mass is 10.1. The number of rotatable bonds is 6. The summed E-state index contributed by atoms with van der Waals surface area (Å²) in [5.74, 6) is 2.61. The molecule has 0 radical (unpaired) electrons. The van der Waals surface area contributed by atoms with Gasteiger partial charge in [0, 0.05) is 19.6 Å². The first-order valence-corrected chi connectivity index (χ1v) is 8.37. The smallest absolute Gasteiger partial charge is 0.148 e. The summed E-state index contributed by atoms with van der Waals surface area (Å²) >= 11 is 3.67. The van der Waals surface area contributed by atoms with Gasteiger partial charge in [-0.15, -0.1) is 0 Å². The van der Waals surface area contributed by atoms with Crippen LogP contribution in [-0.4, -0.2) is 29.6 Å². The number of halogens is 1. The van der Waals surface area contributed by atoms with Crippen LogP contribution >= 0.6 is 15.9 Å². The standard InChI is InChI=1S/C15H25BrN4/c1-11(2)8-9-20(12-6-4-5-7-12)15-13(16)14(17-3)18-10-19-15/h10-12H,4-9H2,1-3H3,(H,17,18,19). The number of nitrogens with one attached hydrogen (secondary N) is 1. The van der Waals surface area contributed by atoms with Gasteiger partial charge in [-0.25, -0.2) is 9.97 Å². The molecule has 2 rings (SSSR count). The van der Waals surface area contributed by atoms with E-state index in [1.54, 1.807) is 6.33 Å². The Morgan fingerprint density at radius 3 is 2.65 bits per heavy atom. The monoisotopic (exact) mass is 340 g/mol. The molecule has 1 saturated carbocycles. The van der Waals surface area contributed by atoms with Crippen LogP contribution in [0.3, 0.4) is 0 Å². The maximum Gasteiger partial charge on any atom is 0.148 e. The van der Waals surface area contributed by atoms with E-state index < -0.39 is 0 Å². The molecule has 1 aliphatic carbocycles. The van der Waals surface area contributed by atoms with Gasteiger partial charge in [-0.3, -0.25) is 0 Å².